The van der Waals surface area contributed by atoms with Crippen LogP contribution < -0.4 is 10.1 Å². The van der Waals surface area contributed by atoms with Crippen molar-refractivity contribution in [1.29, 1.82) is 0 Å². The van der Waals surface area contributed by atoms with Gasteiger partial charge < -0.3 is 15.2 Å². The minimum atomic E-state index is -0.860. The van der Waals surface area contributed by atoms with E-state index in [0.29, 0.717) is 17.5 Å². The third-order valence-corrected chi connectivity index (χ3v) is 7.97. The van der Waals surface area contributed by atoms with Crippen molar-refractivity contribution in [2.45, 2.75) is 44.2 Å². The van der Waals surface area contributed by atoms with E-state index >= 15 is 0 Å². The van der Waals surface area contributed by atoms with Crippen LogP contribution in [0.2, 0.25) is 0 Å². The molecule has 1 aliphatic heterocycles. The van der Waals surface area contributed by atoms with Crippen molar-refractivity contribution < 1.29 is 14.6 Å². The Balaban J connectivity index is 1.26. The molecule has 2 aliphatic rings. The molecule has 5 rings (SSSR count). The van der Waals surface area contributed by atoms with Gasteiger partial charge in [0.15, 0.2) is 0 Å². The first-order valence-corrected chi connectivity index (χ1v) is 13.0. The minimum Gasteiger partial charge on any atom is -0.497 e. The molecule has 5 nitrogen and oxygen atoms in total. The van der Waals surface area contributed by atoms with Crippen molar-refractivity contribution in [3.05, 3.63) is 101 Å². The molecule has 0 spiro atoms. The smallest absolute Gasteiger partial charge is 0.335 e. The molecule has 188 valence electrons. The molecule has 1 saturated heterocycles. The fourth-order valence-corrected chi connectivity index (χ4v) is 5.71. The van der Waals surface area contributed by atoms with Crippen LogP contribution in [0, 0.1) is 5.41 Å². The first-order valence-electron chi connectivity index (χ1n) is 13.0. The van der Waals surface area contributed by atoms with Crippen LogP contribution in [0.3, 0.4) is 0 Å². The SMILES string of the molecule is COc1cccc(CN2CCC(CN[C@@H]3C[C@H]3c3ccccc3)(Cc3cccc(C(=O)O)c3)CC2)c1. The predicted octanol–water partition coefficient (Wildman–Crippen LogP) is 5.36. The number of carboxylic acids is 1. The van der Waals surface area contributed by atoms with Gasteiger partial charge in [-0.1, -0.05) is 54.6 Å². The summed E-state index contributed by atoms with van der Waals surface area (Å²) in [5.41, 5.74) is 4.31. The molecule has 0 unspecified atom stereocenters. The van der Waals surface area contributed by atoms with Crippen LogP contribution in [0.1, 0.15) is 52.2 Å². The third kappa shape index (κ3) is 5.97. The summed E-state index contributed by atoms with van der Waals surface area (Å²) in [5, 5.41) is 13.4. The van der Waals surface area contributed by atoms with E-state index in [1.807, 2.05) is 18.2 Å². The highest BCUT2D eigenvalue weighted by atomic mass is 16.5. The van der Waals surface area contributed by atoms with Crippen LogP contribution in [0.25, 0.3) is 0 Å². The lowest BCUT2D eigenvalue weighted by molar-refractivity contribution is 0.0696. The lowest BCUT2D eigenvalue weighted by atomic mass is 9.73. The molecule has 0 bridgehead atoms. The Bertz CT molecular complexity index is 1170. The summed E-state index contributed by atoms with van der Waals surface area (Å²) < 4.78 is 5.40. The minimum absolute atomic E-state index is 0.117. The molecule has 3 aromatic carbocycles. The number of rotatable bonds is 10. The second-order valence-electron chi connectivity index (χ2n) is 10.6. The van der Waals surface area contributed by atoms with Gasteiger partial charge in [-0.2, -0.15) is 0 Å². The summed E-state index contributed by atoms with van der Waals surface area (Å²) in [6.45, 7) is 3.95. The first-order chi connectivity index (χ1) is 17.5. The van der Waals surface area contributed by atoms with Gasteiger partial charge in [0.1, 0.15) is 5.75 Å². The van der Waals surface area contributed by atoms with Crippen molar-refractivity contribution in [3.8, 4) is 5.75 Å². The Labute approximate surface area is 214 Å². The highest BCUT2D eigenvalue weighted by Crippen LogP contribution is 2.42. The number of aromatic carboxylic acids is 1. The van der Waals surface area contributed by atoms with Crippen molar-refractivity contribution in [1.82, 2.24) is 10.2 Å². The molecule has 5 heteroatoms. The van der Waals surface area contributed by atoms with E-state index in [0.717, 1.165) is 56.8 Å². The predicted molar refractivity (Wildman–Crippen MR) is 143 cm³/mol. The highest BCUT2D eigenvalue weighted by Gasteiger charge is 2.41. The maximum Gasteiger partial charge on any atom is 0.335 e. The molecule has 1 heterocycles. The maximum atomic E-state index is 11.6. The van der Waals surface area contributed by atoms with E-state index in [1.54, 1.807) is 13.2 Å². The van der Waals surface area contributed by atoms with Gasteiger partial charge in [-0.15, -0.1) is 0 Å². The fraction of sp³-hybridized carbons (Fsp3) is 0.387. The second-order valence-corrected chi connectivity index (χ2v) is 10.6. The topological polar surface area (TPSA) is 61.8 Å². The van der Waals surface area contributed by atoms with Crippen molar-refractivity contribution in [2.75, 3.05) is 26.7 Å². The van der Waals surface area contributed by atoms with Crippen LogP contribution in [0.15, 0.2) is 78.9 Å². The maximum absolute atomic E-state index is 11.6. The Morgan fingerprint density at radius 3 is 2.50 bits per heavy atom. The first kappa shape index (κ1) is 24.5. The number of piperidine rings is 1. The number of hydrogen-bond donors (Lipinski definition) is 2. The standard InChI is InChI=1S/C31H36N2O3/c1-36-27-12-6-8-24(18-27)21-33-15-13-31(14-16-33,20-23-7-5-11-26(17-23)30(34)35)22-32-29-19-28(29)25-9-3-2-4-10-25/h2-12,17-18,28-29,32H,13-16,19-22H2,1H3,(H,34,35)/t28-,29+/m0/s1. The largest absolute Gasteiger partial charge is 0.497 e. The van der Waals surface area contributed by atoms with Crippen LogP contribution >= 0.6 is 0 Å². The van der Waals surface area contributed by atoms with Gasteiger partial charge in [0.05, 0.1) is 12.7 Å². The number of benzene rings is 3. The Morgan fingerprint density at radius 1 is 1.00 bits per heavy atom. The molecule has 2 fully saturated rings. The summed E-state index contributed by atoms with van der Waals surface area (Å²) in [6, 6.07) is 27.2. The molecule has 2 N–H and O–H groups in total. The van der Waals surface area contributed by atoms with Crippen LogP contribution in [0.5, 0.6) is 5.75 Å². The molecular formula is C31H36N2O3. The van der Waals surface area contributed by atoms with E-state index in [9.17, 15) is 9.90 Å². The molecular weight excluding hydrogens is 448 g/mol. The Kier molecular flexibility index (Phi) is 7.40. The zero-order valence-corrected chi connectivity index (χ0v) is 21.0. The zero-order chi connectivity index (χ0) is 25.0. The van der Waals surface area contributed by atoms with Crippen molar-refractivity contribution in [2.24, 2.45) is 5.41 Å². The number of nitrogens with one attached hydrogen (secondary N) is 1. The van der Waals surface area contributed by atoms with Gasteiger partial charge in [-0.3, -0.25) is 4.90 Å². The second kappa shape index (κ2) is 10.9. The molecule has 0 amide bonds. The van der Waals surface area contributed by atoms with Gasteiger partial charge in [-0.25, -0.2) is 4.79 Å². The zero-order valence-electron chi connectivity index (χ0n) is 21.0. The van der Waals surface area contributed by atoms with E-state index < -0.39 is 5.97 Å². The molecule has 36 heavy (non-hydrogen) atoms. The Hall–Kier alpha value is -3.15. The van der Waals surface area contributed by atoms with Gasteiger partial charge in [-0.05, 0) is 85.1 Å². The molecule has 2 atom stereocenters. The van der Waals surface area contributed by atoms with Crippen LogP contribution in [-0.4, -0.2) is 48.8 Å². The van der Waals surface area contributed by atoms with Crippen LogP contribution in [0.4, 0.5) is 0 Å². The number of carbonyl (C=O) groups is 1. The molecule has 3 aromatic rings. The summed E-state index contributed by atoms with van der Waals surface area (Å²) >= 11 is 0. The average Bonchev–Trinajstić information content (AvgIpc) is 3.70. The number of ether oxygens (including phenoxy) is 1. The lowest BCUT2D eigenvalue weighted by Gasteiger charge is -2.42. The summed E-state index contributed by atoms with van der Waals surface area (Å²) in [5.74, 6) is 0.645. The van der Waals surface area contributed by atoms with Crippen LogP contribution in [-0.2, 0) is 13.0 Å². The summed E-state index contributed by atoms with van der Waals surface area (Å²) in [6.07, 6.45) is 4.27. The number of carboxylic acid groups (broad SMARTS) is 1. The molecule has 1 saturated carbocycles. The fourth-order valence-electron chi connectivity index (χ4n) is 5.71. The van der Waals surface area contributed by atoms with Gasteiger partial charge in [0.2, 0.25) is 0 Å². The van der Waals surface area contributed by atoms with E-state index in [2.05, 4.69) is 64.8 Å². The molecule has 1 aliphatic carbocycles. The lowest BCUT2D eigenvalue weighted by Crippen LogP contribution is -2.46. The Morgan fingerprint density at radius 2 is 1.75 bits per heavy atom. The van der Waals surface area contributed by atoms with Gasteiger partial charge >= 0.3 is 5.97 Å². The quantitative estimate of drug-likeness (QED) is 0.405. The monoisotopic (exact) mass is 484 g/mol. The number of methoxy groups -OCH3 is 1. The molecule has 0 aromatic heterocycles. The van der Waals surface area contributed by atoms with E-state index in [4.69, 9.17) is 4.74 Å². The number of nitrogens with zero attached hydrogens (tertiary/aromatic N) is 1. The normalized spacial score (nSPS) is 21.1. The summed E-state index contributed by atoms with van der Waals surface area (Å²) in [7, 11) is 1.71. The van der Waals surface area contributed by atoms with Crippen molar-refractivity contribution in [3.63, 3.8) is 0 Å². The number of likely N-dealkylation sites (tertiary alicyclic amines) is 1. The highest BCUT2D eigenvalue weighted by molar-refractivity contribution is 5.87. The number of hydrogen-bond acceptors (Lipinski definition) is 4. The van der Waals surface area contributed by atoms with E-state index in [-0.39, 0.29) is 5.41 Å². The molecule has 0 radical (unpaired) electrons. The van der Waals surface area contributed by atoms with Gasteiger partial charge in [0, 0.05) is 25.0 Å². The summed E-state index contributed by atoms with van der Waals surface area (Å²) in [4.78, 5) is 14.1. The van der Waals surface area contributed by atoms with Crippen molar-refractivity contribution >= 4 is 5.97 Å². The van der Waals surface area contributed by atoms with Gasteiger partial charge in [0.25, 0.3) is 0 Å². The van der Waals surface area contributed by atoms with E-state index in [1.165, 1.54) is 17.5 Å². The average molecular weight is 485 g/mol. The third-order valence-electron chi connectivity index (χ3n) is 7.97.